The van der Waals surface area contributed by atoms with Crippen molar-refractivity contribution in [3.63, 3.8) is 0 Å². The highest BCUT2D eigenvalue weighted by Crippen LogP contribution is 2.40. The number of hydrogen-bond donors (Lipinski definition) is 1. The van der Waals surface area contributed by atoms with Gasteiger partial charge in [0.2, 0.25) is 0 Å². The molecule has 6 nitrogen and oxygen atoms in total. The largest absolute Gasteiger partial charge is 0.497 e. The Bertz CT molecular complexity index is 1010. The maximum absolute atomic E-state index is 14.5. The summed E-state index contributed by atoms with van der Waals surface area (Å²) in [5.41, 5.74) is 7.20. The Balaban J connectivity index is 2.19. The SMILES string of the molecule is COC(=O)C1=CN(c2ccc(OC)cc2)C(N)=C(C#N)C1c1ccccc1F. The Kier molecular flexibility index (Phi) is 5.32. The summed E-state index contributed by atoms with van der Waals surface area (Å²) in [4.78, 5) is 14.0. The number of hydrogen-bond acceptors (Lipinski definition) is 6. The molecule has 142 valence electrons. The fourth-order valence-corrected chi connectivity index (χ4v) is 3.12. The lowest BCUT2D eigenvalue weighted by Gasteiger charge is -2.32. The first kappa shape index (κ1) is 19.0. The average molecular weight is 379 g/mol. The van der Waals surface area contributed by atoms with Crippen LogP contribution in [0.2, 0.25) is 0 Å². The smallest absolute Gasteiger partial charge is 0.336 e. The number of ether oxygens (including phenoxy) is 2. The summed E-state index contributed by atoms with van der Waals surface area (Å²) >= 11 is 0. The first-order valence-corrected chi connectivity index (χ1v) is 8.39. The molecule has 1 atom stereocenters. The lowest BCUT2D eigenvalue weighted by molar-refractivity contribution is -0.136. The van der Waals surface area contributed by atoms with Crippen LogP contribution in [0.1, 0.15) is 11.5 Å². The van der Waals surface area contributed by atoms with Gasteiger partial charge >= 0.3 is 5.97 Å². The summed E-state index contributed by atoms with van der Waals surface area (Å²) in [5.74, 6) is -1.43. The van der Waals surface area contributed by atoms with E-state index in [9.17, 15) is 14.4 Å². The third-order valence-corrected chi connectivity index (χ3v) is 4.51. The number of nitrogens with two attached hydrogens (primary N) is 1. The predicted octanol–water partition coefficient (Wildman–Crippen LogP) is 3.19. The molecule has 0 radical (unpaired) electrons. The van der Waals surface area contributed by atoms with Crippen LogP contribution in [-0.4, -0.2) is 20.2 Å². The summed E-state index contributed by atoms with van der Waals surface area (Å²) in [6, 6.07) is 14.9. The van der Waals surface area contributed by atoms with E-state index < -0.39 is 17.7 Å². The standard InChI is InChI=1S/C21H18FN3O3/c1-27-14-9-7-13(8-10-14)25-12-17(21(26)28-2)19(16(11-23)20(25)24)15-5-3-4-6-18(15)22/h3-10,12,19H,24H2,1-2H3. The second-order valence-corrected chi connectivity index (χ2v) is 6.01. The fraction of sp³-hybridized carbons (Fsp3) is 0.143. The number of carbonyl (C=O) groups excluding carboxylic acids is 1. The molecule has 1 unspecified atom stereocenters. The van der Waals surface area contributed by atoms with Gasteiger partial charge in [0, 0.05) is 17.5 Å². The number of halogens is 1. The molecule has 3 rings (SSSR count). The molecular formula is C21H18FN3O3. The quantitative estimate of drug-likeness (QED) is 0.821. The van der Waals surface area contributed by atoms with Crippen molar-refractivity contribution in [1.82, 2.24) is 0 Å². The highest BCUT2D eigenvalue weighted by atomic mass is 19.1. The second-order valence-electron chi connectivity index (χ2n) is 6.01. The molecule has 0 saturated heterocycles. The number of nitriles is 1. The first-order chi connectivity index (χ1) is 13.5. The Morgan fingerprint density at radius 2 is 1.86 bits per heavy atom. The third kappa shape index (κ3) is 3.28. The predicted molar refractivity (Wildman–Crippen MR) is 102 cm³/mol. The number of anilines is 1. The molecule has 0 bridgehead atoms. The van der Waals surface area contributed by atoms with E-state index in [1.165, 1.54) is 36.4 Å². The van der Waals surface area contributed by atoms with Crippen molar-refractivity contribution in [1.29, 1.82) is 5.26 Å². The maximum Gasteiger partial charge on any atom is 0.336 e. The van der Waals surface area contributed by atoms with Gasteiger partial charge in [0.1, 0.15) is 17.4 Å². The number of rotatable bonds is 4. The van der Waals surface area contributed by atoms with Crippen LogP contribution in [0.15, 0.2) is 71.7 Å². The molecule has 0 fully saturated rings. The fourth-order valence-electron chi connectivity index (χ4n) is 3.12. The highest BCUT2D eigenvalue weighted by Gasteiger charge is 2.36. The van der Waals surface area contributed by atoms with Crippen LogP contribution in [0.25, 0.3) is 0 Å². The molecule has 2 aromatic rings. The summed E-state index contributed by atoms with van der Waals surface area (Å²) in [5, 5.41) is 9.77. The van der Waals surface area contributed by atoms with Gasteiger partial charge in [-0.2, -0.15) is 5.26 Å². The molecule has 0 aromatic heterocycles. The van der Waals surface area contributed by atoms with Gasteiger partial charge in [0.25, 0.3) is 0 Å². The minimum absolute atomic E-state index is 0.0591. The van der Waals surface area contributed by atoms with Crippen LogP contribution in [0.5, 0.6) is 5.75 Å². The van der Waals surface area contributed by atoms with Crippen LogP contribution in [0.3, 0.4) is 0 Å². The second kappa shape index (κ2) is 7.84. The minimum atomic E-state index is -0.965. The van der Waals surface area contributed by atoms with Gasteiger partial charge < -0.3 is 20.1 Å². The lowest BCUT2D eigenvalue weighted by atomic mass is 9.83. The van der Waals surface area contributed by atoms with Gasteiger partial charge in [-0.1, -0.05) is 18.2 Å². The molecule has 1 aliphatic heterocycles. The van der Waals surface area contributed by atoms with Crippen molar-refractivity contribution in [3.8, 4) is 11.8 Å². The van der Waals surface area contributed by atoms with Crippen LogP contribution in [-0.2, 0) is 9.53 Å². The van der Waals surface area contributed by atoms with Gasteiger partial charge in [-0.25, -0.2) is 9.18 Å². The third-order valence-electron chi connectivity index (χ3n) is 4.51. The van der Waals surface area contributed by atoms with Crippen LogP contribution in [0, 0.1) is 17.1 Å². The van der Waals surface area contributed by atoms with E-state index in [0.29, 0.717) is 11.4 Å². The van der Waals surface area contributed by atoms with Gasteiger partial charge in [0.15, 0.2) is 0 Å². The number of allylic oxidation sites excluding steroid dienone is 1. The van der Waals surface area contributed by atoms with Crippen molar-refractivity contribution < 1.29 is 18.7 Å². The first-order valence-electron chi connectivity index (χ1n) is 8.39. The number of benzene rings is 2. The van der Waals surface area contributed by atoms with E-state index in [1.807, 2.05) is 6.07 Å². The molecule has 0 amide bonds. The van der Waals surface area contributed by atoms with Crippen molar-refractivity contribution in [2.45, 2.75) is 5.92 Å². The summed E-state index contributed by atoms with van der Waals surface area (Å²) in [6.07, 6.45) is 1.47. The topological polar surface area (TPSA) is 88.6 Å². The number of methoxy groups -OCH3 is 2. The average Bonchev–Trinajstić information content (AvgIpc) is 2.73. The minimum Gasteiger partial charge on any atom is -0.497 e. The molecule has 1 aliphatic rings. The molecule has 7 heteroatoms. The zero-order valence-corrected chi connectivity index (χ0v) is 15.3. The lowest BCUT2D eigenvalue weighted by Crippen LogP contribution is -2.33. The number of carbonyl (C=O) groups is 1. The van der Waals surface area contributed by atoms with Crippen LogP contribution in [0.4, 0.5) is 10.1 Å². The van der Waals surface area contributed by atoms with Crippen LogP contribution < -0.4 is 15.4 Å². The zero-order chi connectivity index (χ0) is 20.3. The molecule has 0 aliphatic carbocycles. The number of esters is 1. The van der Waals surface area contributed by atoms with Crippen LogP contribution >= 0.6 is 0 Å². The van der Waals surface area contributed by atoms with Gasteiger partial charge in [-0.3, -0.25) is 0 Å². The molecule has 2 N–H and O–H groups in total. The van der Waals surface area contributed by atoms with E-state index in [-0.39, 0.29) is 22.5 Å². The van der Waals surface area contributed by atoms with Crippen molar-refractivity contribution >= 4 is 11.7 Å². The molecule has 1 heterocycles. The zero-order valence-electron chi connectivity index (χ0n) is 15.3. The van der Waals surface area contributed by atoms with E-state index in [4.69, 9.17) is 15.2 Å². The summed E-state index contributed by atoms with van der Waals surface area (Å²) in [6.45, 7) is 0. The summed E-state index contributed by atoms with van der Waals surface area (Å²) in [7, 11) is 2.78. The summed E-state index contributed by atoms with van der Waals surface area (Å²) < 4.78 is 24.5. The van der Waals surface area contributed by atoms with E-state index in [2.05, 4.69) is 0 Å². The molecular weight excluding hydrogens is 361 g/mol. The molecule has 0 saturated carbocycles. The van der Waals surface area contributed by atoms with Gasteiger partial charge in [0.05, 0.1) is 37.4 Å². The molecule has 2 aromatic carbocycles. The van der Waals surface area contributed by atoms with E-state index in [1.54, 1.807) is 37.4 Å². The monoisotopic (exact) mass is 379 g/mol. The van der Waals surface area contributed by atoms with E-state index in [0.717, 1.165) is 0 Å². The normalized spacial score (nSPS) is 16.3. The van der Waals surface area contributed by atoms with Gasteiger partial charge in [-0.05, 0) is 30.3 Å². The Morgan fingerprint density at radius 1 is 1.18 bits per heavy atom. The van der Waals surface area contributed by atoms with Crippen molar-refractivity contribution in [3.05, 3.63) is 83.1 Å². The molecule has 28 heavy (non-hydrogen) atoms. The Labute approximate surface area is 161 Å². The Hall–Kier alpha value is -3.79. The number of nitrogens with zero attached hydrogens (tertiary/aromatic N) is 2. The van der Waals surface area contributed by atoms with E-state index >= 15 is 0 Å². The Morgan fingerprint density at radius 3 is 2.43 bits per heavy atom. The molecule has 0 spiro atoms. The van der Waals surface area contributed by atoms with Crippen molar-refractivity contribution in [2.24, 2.45) is 5.73 Å². The van der Waals surface area contributed by atoms with Gasteiger partial charge in [-0.15, -0.1) is 0 Å². The maximum atomic E-state index is 14.5. The van der Waals surface area contributed by atoms with Crippen molar-refractivity contribution in [2.75, 3.05) is 19.1 Å². The highest BCUT2D eigenvalue weighted by molar-refractivity contribution is 5.93.